The normalized spacial score (nSPS) is 13.8. The second-order valence-corrected chi connectivity index (χ2v) is 4.95. The first-order valence-corrected chi connectivity index (χ1v) is 6.69. The maximum Gasteiger partial charge on any atom is 0.274 e. The van der Waals surface area contributed by atoms with Gasteiger partial charge in [0.05, 0.1) is 0 Å². The van der Waals surface area contributed by atoms with Gasteiger partial charge in [-0.2, -0.15) is 0 Å². The van der Waals surface area contributed by atoms with Crippen LogP contribution in [0.5, 0.6) is 0 Å². The van der Waals surface area contributed by atoms with E-state index in [1.54, 1.807) is 12.3 Å². The lowest BCUT2D eigenvalue weighted by Gasteiger charge is -2.08. The molecule has 1 saturated carbocycles. The van der Waals surface area contributed by atoms with Crippen molar-refractivity contribution in [1.29, 1.82) is 0 Å². The Morgan fingerprint density at radius 3 is 2.80 bits per heavy atom. The van der Waals surface area contributed by atoms with Gasteiger partial charge in [0.2, 0.25) is 5.95 Å². The largest absolute Gasteiger partial charge is 0.351 e. The monoisotopic (exact) mass is 268 g/mol. The molecule has 0 unspecified atom stereocenters. The van der Waals surface area contributed by atoms with Crippen LogP contribution in [0, 0.1) is 6.92 Å². The summed E-state index contributed by atoms with van der Waals surface area (Å²) in [4.78, 5) is 20.6. The van der Waals surface area contributed by atoms with Crippen molar-refractivity contribution in [2.75, 3.05) is 10.6 Å². The highest BCUT2D eigenvalue weighted by atomic mass is 16.1. The number of hydrogen-bond acceptors (Lipinski definition) is 4. The molecule has 0 aliphatic heterocycles. The summed E-state index contributed by atoms with van der Waals surface area (Å²) in [5, 5.41) is 6.05. The number of nitrogens with zero attached hydrogens (tertiary/aromatic N) is 2. The average Bonchev–Trinajstić information content (AvgIpc) is 3.25. The van der Waals surface area contributed by atoms with E-state index in [4.69, 9.17) is 0 Å². The molecule has 1 aromatic heterocycles. The highest BCUT2D eigenvalue weighted by Crippen LogP contribution is 2.22. The third-order valence-electron chi connectivity index (χ3n) is 3.19. The molecule has 0 atom stereocenters. The van der Waals surface area contributed by atoms with Crippen molar-refractivity contribution >= 4 is 17.5 Å². The molecule has 0 bridgehead atoms. The highest BCUT2D eigenvalue weighted by Gasteiger charge is 2.22. The zero-order valence-electron chi connectivity index (χ0n) is 11.3. The Morgan fingerprint density at radius 2 is 2.05 bits per heavy atom. The number of aryl methyl sites for hydroxylation is 1. The van der Waals surface area contributed by atoms with Gasteiger partial charge in [0.1, 0.15) is 5.69 Å². The summed E-state index contributed by atoms with van der Waals surface area (Å²) in [5.41, 5.74) is 2.19. The quantitative estimate of drug-likeness (QED) is 0.894. The first kappa shape index (κ1) is 12.6. The van der Waals surface area contributed by atoms with Crippen LogP contribution in [0.1, 0.15) is 28.9 Å². The van der Waals surface area contributed by atoms with Gasteiger partial charge in [0.25, 0.3) is 5.91 Å². The maximum absolute atomic E-state index is 12.2. The molecule has 1 aliphatic carbocycles. The highest BCUT2D eigenvalue weighted by molar-refractivity contribution is 6.03. The fourth-order valence-electron chi connectivity index (χ4n) is 1.86. The molecule has 102 valence electrons. The fraction of sp³-hybridized carbons (Fsp3) is 0.267. The molecular weight excluding hydrogens is 252 g/mol. The van der Waals surface area contributed by atoms with Gasteiger partial charge < -0.3 is 10.6 Å². The van der Waals surface area contributed by atoms with E-state index in [-0.39, 0.29) is 5.91 Å². The lowest BCUT2D eigenvalue weighted by Crippen LogP contribution is -2.16. The second kappa shape index (κ2) is 5.28. The molecule has 5 nitrogen and oxygen atoms in total. The molecule has 1 aromatic carbocycles. The Balaban J connectivity index is 1.74. The molecule has 1 amide bonds. The Bertz CT molecular complexity index is 637. The molecule has 5 heteroatoms. The number of nitrogens with one attached hydrogen (secondary N) is 2. The predicted molar refractivity (Wildman–Crippen MR) is 77.8 cm³/mol. The van der Waals surface area contributed by atoms with E-state index in [0.29, 0.717) is 17.7 Å². The number of benzene rings is 1. The number of carbonyl (C=O) groups is 1. The molecule has 3 rings (SSSR count). The van der Waals surface area contributed by atoms with Gasteiger partial charge in [-0.15, -0.1) is 0 Å². The van der Waals surface area contributed by atoms with Crippen LogP contribution in [0.25, 0.3) is 0 Å². The van der Waals surface area contributed by atoms with Crippen molar-refractivity contribution in [2.45, 2.75) is 25.8 Å². The van der Waals surface area contributed by atoms with E-state index < -0.39 is 0 Å². The predicted octanol–water partition coefficient (Wildman–Crippen LogP) is 2.61. The van der Waals surface area contributed by atoms with Crippen LogP contribution < -0.4 is 10.6 Å². The van der Waals surface area contributed by atoms with Gasteiger partial charge in [-0.25, -0.2) is 9.97 Å². The summed E-state index contributed by atoms with van der Waals surface area (Å²) in [6.07, 6.45) is 3.89. The summed E-state index contributed by atoms with van der Waals surface area (Å²) in [7, 11) is 0. The zero-order chi connectivity index (χ0) is 13.9. The molecule has 2 aromatic rings. The fourth-order valence-corrected chi connectivity index (χ4v) is 1.86. The van der Waals surface area contributed by atoms with Crippen molar-refractivity contribution in [1.82, 2.24) is 9.97 Å². The van der Waals surface area contributed by atoms with Crippen LogP contribution in [-0.2, 0) is 0 Å². The number of anilines is 2. The topological polar surface area (TPSA) is 66.9 Å². The summed E-state index contributed by atoms with van der Waals surface area (Å²) in [5.74, 6) is 0.297. The van der Waals surface area contributed by atoms with Gasteiger partial charge in [-0.3, -0.25) is 4.79 Å². The van der Waals surface area contributed by atoms with Gasteiger partial charge in [0.15, 0.2) is 0 Å². The van der Waals surface area contributed by atoms with Crippen LogP contribution >= 0.6 is 0 Å². The maximum atomic E-state index is 12.2. The Labute approximate surface area is 117 Å². The zero-order valence-corrected chi connectivity index (χ0v) is 11.3. The SMILES string of the molecule is Cc1ccccc1NC(=O)c1ccnc(NC2CC2)n1. The first-order valence-electron chi connectivity index (χ1n) is 6.69. The minimum Gasteiger partial charge on any atom is -0.351 e. The third kappa shape index (κ3) is 2.93. The molecule has 1 aliphatic rings. The van der Waals surface area contributed by atoms with E-state index in [9.17, 15) is 4.79 Å². The van der Waals surface area contributed by atoms with Crippen molar-refractivity contribution < 1.29 is 4.79 Å². The minimum atomic E-state index is -0.222. The van der Waals surface area contributed by atoms with Gasteiger partial charge in [-0.1, -0.05) is 18.2 Å². The second-order valence-electron chi connectivity index (χ2n) is 4.95. The molecule has 0 radical (unpaired) electrons. The van der Waals surface area contributed by atoms with Gasteiger partial charge >= 0.3 is 0 Å². The van der Waals surface area contributed by atoms with E-state index in [1.165, 1.54) is 0 Å². The molecule has 0 saturated heterocycles. The Morgan fingerprint density at radius 1 is 1.25 bits per heavy atom. The molecular formula is C15H16N4O. The van der Waals surface area contributed by atoms with Crippen molar-refractivity contribution in [3.05, 3.63) is 47.8 Å². The van der Waals surface area contributed by atoms with Crippen LogP contribution in [0.15, 0.2) is 36.5 Å². The number of carbonyl (C=O) groups excluding carboxylic acids is 1. The van der Waals surface area contributed by atoms with E-state index in [2.05, 4.69) is 20.6 Å². The summed E-state index contributed by atoms with van der Waals surface area (Å²) < 4.78 is 0. The number of hydrogen-bond donors (Lipinski definition) is 2. The first-order chi connectivity index (χ1) is 9.72. The number of rotatable bonds is 4. The molecule has 20 heavy (non-hydrogen) atoms. The lowest BCUT2D eigenvalue weighted by molar-refractivity contribution is 0.102. The summed E-state index contributed by atoms with van der Waals surface area (Å²) in [6.45, 7) is 1.95. The van der Waals surface area contributed by atoms with Crippen molar-refractivity contribution in [3.8, 4) is 0 Å². The minimum absolute atomic E-state index is 0.222. The number of para-hydroxylation sites is 1. The van der Waals surface area contributed by atoms with Crippen molar-refractivity contribution in [2.24, 2.45) is 0 Å². The number of aromatic nitrogens is 2. The molecule has 2 N–H and O–H groups in total. The molecule has 1 heterocycles. The standard InChI is InChI=1S/C15H16N4O/c1-10-4-2-3-5-12(10)18-14(20)13-8-9-16-15(19-13)17-11-6-7-11/h2-5,8-9,11H,6-7H2,1H3,(H,18,20)(H,16,17,19). The van der Waals surface area contributed by atoms with Crippen LogP contribution in [0.4, 0.5) is 11.6 Å². The van der Waals surface area contributed by atoms with E-state index in [1.807, 2.05) is 31.2 Å². The van der Waals surface area contributed by atoms with Crippen molar-refractivity contribution in [3.63, 3.8) is 0 Å². The molecule has 1 fully saturated rings. The van der Waals surface area contributed by atoms with E-state index >= 15 is 0 Å². The van der Waals surface area contributed by atoms with E-state index in [0.717, 1.165) is 24.1 Å². The Kier molecular flexibility index (Phi) is 3.33. The summed E-state index contributed by atoms with van der Waals surface area (Å²) in [6, 6.07) is 9.74. The average molecular weight is 268 g/mol. The van der Waals surface area contributed by atoms with Crippen LogP contribution in [-0.4, -0.2) is 21.9 Å². The van der Waals surface area contributed by atoms with Gasteiger partial charge in [0, 0.05) is 17.9 Å². The molecule has 0 spiro atoms. The lowest BCUT2D eigenvalue weighted by atomic mass is 10.2. The van der Waals surface area contributed by atoms with Gasteiger partial charge in [-0.05, 0) is 37.5 Å². The smallest absolute Gasteiger partial charge is 0.274 e. The third-order valence-corrected chi connectivity index (χ3v) is 3.19. The summed E-state index contributed by atoms with van der Waals surface area (Å²) >= 11 is 0. The van der Waals surface area contributed by atoms with Crippen LogP contribution in [0.3, 0.4) is 0 Å². The Hall–Kier alpha value is -2.43. The number of amides is 1. The van der Waals surface area contributed by atoms with Crippen LogP contribution in [0.2, 0.25) is 0 Å².